The number of hydrogen-bond acceptors (Lipinski definition) is 12. The van der Waals surface area contributed by atoms with Gasteiger partial charge in [0, 0.05) is 81.2 Å². The summed E-state index contributed by atoms with van der Waals surface area (Å²) in [6.07, 6.45) is 12.0. The summed E-state index contributed by atoms with van der Waals surface area (Å²) in [6, 6.07) is 6.17. The maximum absolute atomic E-state index is 13.2. The average Bonchev–Trinajstić information content (AvgIpc) is 3.43. The highest BCUT2D eigenvalue weighted by atomic mass is 35.5. The van der Waals surface area contributed by atoms with Gasteiger partial charge in [0.25, 0.3) is 17.7 Å². The minimum absolute atomic E-state index is 0.0179. The Morgan fingerprint density at radius 2 is 1.74 bits per heavy atom. The molecular weight excluding hydrogens is 762 g/mol. The number of carbonyl (C=O) groups excluding carboxylic acids is 5. The Kier molecular flexibility index (Phi) is 12.5. The molecule has 1 aromatic heterocycles. The molecule has 15 nitrogen and oxygen atoms in total. The van der Waals surface area contributed by atoms with Crippen LogP contribution in [-0.4, -0.2) is 118 Å². The zero-order valence-corrected chi connectivity index (χ0v) is 33.4. The van der Waals surface area contributed by atoms with Gasteiger partial charge in [-0.1, -0.05) is 18.2 Å². The van der Waals surface area contributed by atoms with Gasteiger partial charge in [0.1, 0.15) is 29.4 Å². The number of hydrogen-bond donors (Lipinski definition) is 2. The molecule has 58 heavy (non-hydrogen) atoms. The second-order valence-electron chi connectivity index (χ2n) is 15.6. The van der Waals surface area contributed by atoms with E-state index in [0.29, 0.717) is 27.9 Å². The van der Waals surface area contributed by atoms with Crippen LogP contribution in [0.1, 0.15) is 74.3 Å². The molecule has 5 amide bonds. The molecule has 1 unspecified atom stereocenters. The molecular formula is C42H48ClN9O6. The van der Waals surface area contributed by atoms with Crippen LogP contribution in [0.25, 0.3) is 0 Å². The Morgan fingerprint density at radius 3 is 2.40 bits per heavy atom. The first-order valence-corrected chi connectivity index (χ1v) is 20.4. The van der Waals surface area contributed by atoms with Gasteiger partial charge >= 0.3 is 0 Å². The summed E-state index contributed by atoms with van der Waals surface area (Å²) in [6.45, 7) is 11.9. The summed E-state index contributed by atoms with van der Waals surface area (Å²) < 4.78 is 6.07. The number of halogens is 1. The summed E-state index contributed by atoms with van der Waals surface area (Å²) in [7, 11) is 0. The highest BCUT2D eigenvalue weighted by molar-refractivity contribution is 6.31. The Morgan fingerprint density at radius 1 is 1.00 bits per heavy atom. The molecule has 5 heterocycles. The van der Waals surface area contributed by atoms with E-state index in [9.17, 15) is 24.0 Å². The number of nitriles is 1. The Bertz CT molecular complexity index is 2060. The summed E-state index contributed by atoms with van der Waals surface area (Å²) >= 11 is 6.14. The second kappa shape index (κ2) is 17.9. The molecule has 1 saturated carbocycles. The fourth-order valence-corrected chi connectivity index (χ4v) is 8.55. The Labute approximate surface area is 342 Å². The van der Waals surface area contributed by atoms with E-state index in [1.807, 2.05) is 6.07 Å². The highest BCUT2D eigenvalue weighted by Crippen LogP contribution is 2.29. The van der Waals surface area contributed by atoms with Gasteiger partial charge in [0.05, 0.1) is 29.1 Å². The van der Waals surface area contributed by atoms with Crippen molar-refractivity contribution in [1.82, 2.24) is 35.3 Å². The quantitative estimate of drug-likeness (QED) is 0.250. The highest BCUT2D eigenvalue weighted by Gasteiger charge is 2.44. The predicted molar refractivity (Wildman–Crippen MR) is 214 cm³/mol. The minimum Gasteiger partial charge on any atom is -0.490 e. The smallest absolute Gasteiger partial charge is 0.271 e. The number of imide groups is 2. The molecule has 1 aromatic carbocycles. The van der Waals surface area contributed by atoms with Crippen molar-refractivity contribution in [1.29, 1.82) is 5.26 Å². The molecule has 5 aliphatic rings. The number of piperidine rings is 2. The summed E-state index contributed by atoms with van der Waals surface area (Å²) in [5.74, 6) is -0.340. The van der Waals surface area contributed by atoms with Crippen molar-refractivity contribution < 1.29 is 28.7 Å². The third-order valence-electron chi connectivity index (χ3n) is 11.8. The Hall–Kier alpha value is -5.59. The van der Waals surface area contributed by atoms with Crippen LogP contribution in [-0.2, 0) is 19.2 Å². The summed E-state index contributed by atoms with van der Waals surface area (Å²) in [5, 5.41) is 14.8. The number of nitrogens with one attached hydrogen (secondary N) is 2. The van der Waals surface area contributed by atoms with Crippen molar-refractivity contribution in [2.24, 2.45) is 5.92 Å². The first-order valence-electron chi connectivity index (χ1n) is 20.0. The number of allylic oxidation sites excluding steroid dienone is 1. The first kappa shape index (κ1) is 40.6. The number of rotatable bonds is 11. The molecule has 2 aromatic rings. The molecule has 4 fully saturated rings. The third-order valence-corrected chi connectivity index (χ3v) is 12.1. The van der Waals surface area contributed by atoms with Crippen LogP contribution in [0.3, 0.4) is 0 Å². The van der Waals surface area contributed by atoms with E-state index in [0.717, 1.165) is 101 Å². The van der Waals surface area contributed by atoms with E-state index < -0.39 is 29.7 Å². The number of benzene rings is 1. The molecule has 2 N–H and O–H groups in total. The van der Waals surface area contributed by atoms with E-state index in [2.05, 4.69) is 41.9 Å². The number of carbonyl (C=O) groups is 5. The normalized spacial score (nSPS) is 23.7. The monoisotopic (exact) mass is 809 g/mol. The largest absolute Gasteiger partial charge is 0.490 e. The van der Waals surface area contributed by atoms with E-state index >= 15 is 0 Å². The number of piperazine rings is 1. The van der Waals surface area contributed by atoms with Crippen molar-refractivity contribution in [3.05, 3.63) is 82.4 Å². The lowest BCUT2D eigenvalue weighted by molar-refractivity contribution is -0.150. The number of ether oxygens (including phenoxy) is 1. The van der Waals surface area contributed by atoms with E-state index in [1.54, 1.807) is 49.7 Å². The van der Waals surface area contributed by atoms with Crippen LogP contribution < -0.4 is 20.3 Å². The first-order chi connectivity index (χ1) is 28.0. The van der Waals surface area contributed by atoms with Gasteiger partial charge in [0.2, 0.25) is 11.8 Å². The zero-order valence-electron chi connectivity index (χ0n) is 32.6. The topological polar surface area (TPSA) is 181 Å². The van der Waals surface area contributed by atoms with Crippen LogP contribution >= 0.6 is 11.6 Å². The molecule has 7 rings (SSSR count). The summed E-state index contributed by atoms with van der Waals surface area (Å²) in [4.78, 5) is 79.9. The van der Waals surface area contributed by atoms with Gasteiger partial charge in [-0.2, -0.15) is 5.26 Å². The van der Waals surface area contributed by atoms with Crippen LogP contribution in [0.15, 0.2) is 66.2 Å². The Balaban J connectivity index is 0.799. The molecule has 4 aliphatic heterocycles. The van der Waals surface area contributed by atoms with Crippen LogP contribution in [0.5, 0.6) is 5.75 Å². The molecule has 0 bridgehead atoms. The molecule has 3 saturated heterocycles. The van der Waals surface area contributed by atoms with E-state index in [1.165, 1.54) is 0 Å². The van der Waals surface area contributed by atoms with Crippen LogP contribution in [0.2, 0.25) is 5.02 Å². The van der Waals surface area contributed by atoms with Crippen LogP contribution in [0.4, 0.5) is 5.82 Å². The average molecular weight is 810 g/mol. The lowest BCUT2D eigenvalue weighted by Crippen LogP contribution is -2.54. The molecule has 16 heteroatoms. The van der Waals surface area contributed by atoms with Crippen molar-refractivity contribution in [3.8, 4) is 11.8 Å². The van der Waals surface area contributed by atoms with Gasteiger partial charge in [-0.15, -0.1) is 0 Å². The molecule has 1 aliphatic carbocycles. The van der Waals surface area contributed by atoms with Crippen molar-refractivity contribution in [2.45, 2.75) is 76.5 Å². The lowest BCUT2D eigenvalue weighted by atomic mass is 9.93. The maximum Gasteiger partial charge on any atom is 0.271 e. The number of anilines is 1. The van der Waals surface area contributed by atoms with Crippen molar-refractivity contribution in [2.75, 3.05) is 50.7 Å². The van der Waals surface area contributed by atoms with Gasteiger partial charge in [-0.25, -0.2) is 9.97 Å². The van der Waals surface area contributed by atoms with Crippen LogP contribution in [0, 0.1) is 17.2 Å². The van der Waals surface area contributed by atoms with Gasteiger partial charge < -0.3 is 19.9 Å². The van der Waals surface area contributed by atoms with Gasteiger partial charge in [0.15, 0.2) is 0 Å². The van der Waals surface area contributed by atoms with Crippen molar-refractivity contribution in [3.63, 3.8) is 0 Å². The second-order valence-corrected chi connectivity index (χ2v) is 16.0. The SMILES string of the molecule is C=C(/C=C\C1=C(C)C(=O)N(C2CCC(=O)NC2=O)C1=O)N1CCN(CC2CCN(c3cnc(C(=O)NC4CCC(Oc5ccc(C#N)c(Cl)c5)CC4)cn3)CC2)CC1. The molecule has 304 valence electrons. The lowest BCUT2D eigenvalue weighted by Gasteiger charge is -2.40. The minimum atomic E-state index is -0.989. The summed E-state index contributed by atoms with van der Waals surface area (Å²) in [5.41, 5.74) is 1.97. The van der Waals surface area contributed by atoms with E-state index in [-0.39, 0.29) is 42.0 Å². The molecule has 0 radical (unpaired) electrons. The predicted octanol–water partition coefficient (Wildman–Crippen LogP) is 3.52. The molecule has 1 atom stereocenters. The van der Waals surface area contributed by atoms with E-state index in [4.69, 9.17) is 21.6 Å². The number of aromatic nitrogens is 2. The van der Waals surface area contributed by atoms with Gasteiger partial charge in [-0.3, -0.25) is 39.1 Å². The fourth-order valence-electron chi connectivity index (χ4n) is 8.34. The fraction of sp³-hybridized carbons (Fsp3) is 0.476. The standard InChI is InChI=1S/C42H48ClN9O6/c1-26(3-10-33-27(2)41(56)52(42(33)57)36-11-12-38(53)48-40(36)55)50-19-17-49(18-20-50)25-28-13-15-51(16-14-28)37-24-45-35(23-46-37)39(54)47-30-5-8-31(9-6-30)58-32-7-4-29(22-44)34(43)21-32/h3-4,7,10,21,23-24,28,30-31,36H,1,5-6,8-9,11-20,25H2,2H3,(H,47,54)(H,48,53,55)/b10-3-. The third kappa shape index (κ3) is 9.24. The number of amides is 5. The van der Waals surface area contributed by atoms with Crippen molar-refractivity contribution >= 4 is 47.0 Å². The zero-order chi connectivity index (χ0) is 40.9. The maximum atomic E-state index is 13.2. The van der Waals surface area contributed by atoms with Gasteiger partial charge in [-0.05, 0) is 82.1 Å². The molecule has 0 spiro atoms. The number of nitrogens with zero attached hydrogens (tertiary/aromatic N) is 7.